The molecular weight excluding hydrogens is 238 g/mol. The minimum absolute atomic E-state index is 0.436. The molecule has 0 radical (unpaired) electrons. The van der Waals surface area contributed by atoms with Crippen LogP contribution in [0.4, 0.5) is 0 Å². The molecule has 0 saturated carbocycles. The van der Waals surface area contributed by atoms with Crippen LogP contribution < -0.4 is 5.32 Å². The molecule has 2 aromatic rings. The fraction of sp³-hybridized carbons (Fsp3) is 0.500. The van der Waals surface area contributed by atoms with Gasteiger partial charge in [-0.25, -0.2) is 0 Å². The second kappa shape index (κ2) is 5.76. The van der Waals surface area contributed by atoms with Crippen LogP contribution in [-0.4, -0.2) is 13.2 Å². The van der Waals surface area contributed by atoms with Crippen LogP contribution >= 0.6 is 0 Å². The third-order valence-corrected chi connectivity index (χ3v) is 3.39. The lowest BCUT2D eigenvalue weighted by Crippen LogP contribution is -2.22. The molecule has 0 bridgehead atoms. The van der Waals surface area contributed by atoms with Gasteiger partial charge in [0.25, 0.3) is 0 Å². The van der Waals surface area contributed by atoms with E-state index in [9.17, 15) is 0 Å². The summed E-state index contributed by atoms with van der Waals surface area (Å²) in [5, 5.41) is 4.62. The van der Waals surface area contributed by atoms with Crippen LogP contribution in [0.15, 0.2) is 16.5 Å². The van der Waals surface area contributed by atoms with Gasteiger partial charge in [0.05, 0.1) is 13.2 Å². The fourth-order valence-electron chi connectivity index (χ4n) is 2.35. The average Bonchev–Trinajstić information content (AvgIpc) is 2.72. The van der Waals surface area contributed by atoms with E-state index in [1.165, 1.54) is 22.1 Å². The summed E-state index contributed by atoms with van der Waals surface area (Å²) >= 11 is 0. The molecule has 0 spiro atoms. The van der Waals surface area contributed by atoms with Gasteiger partial charge in [0.15, 0.2) is 0 Å². The highest BCUT2D eigenvalue weighted by molar-refractivity contribution is 5.88. The molecule has 1 heterocycles. The van der Waals surface area contributed by atoms with Crippen molar-refractivity contribution in [2.24, 2.45) is 0 Å². The molecule has 0 amide bonds. The van der Waals surface area contributed by atoms with Crippen molar-refractivity contribution in [2.45, 2.75) is 46.9 Å². The Morgan fingerprint density at radius 1 is 1.21 bits per heavy atom. The van der Waals surface area contributed by atoms with Crippen molar-refractivity contribution in [1.82, 2.24) is 5.32 Å². The first-order valence-electron chi connectivity index (χ1n) is 6.77. The Labute approximate surface area is 114 Å². The maximum atomic E-state index is 6.07. The number of nitrogens with one attached hydrogen (secondary N) is 1. The first kappa shape index (κ1) is 14.1. The van der Waals surface area contributed by atoms with Crippen LogP contribution in [0, 0.1) is 13.8 Å². The van der Waals surface area contributed by atoms with E-state index in [4.69, 9.17) is 9.15 Å². The number of rotatable bonds is 5. The largest absolute Gasteiger partial charge is 0.459 e. The van der Waals surface area contributed by atoms with Crippen molar-refractivity contribution < 1.29 is 9.15 Å². The summed E-state index contributed by atoms with van der Waals surface area (Å²) in [6.07, 6.45) is 0. The Morgan fingerprint density at radius 2 is 1.89 bits per heavy atom. The number of ether oxygens (including phenoxy) is 1. The molecule has 3 heteroatoms. The Hall–Kier alpha value is -1.32. The first-order valence-corrected chi connectivity index (χ1v) is 6.77. The van der Waals surface area contributed by atoms with Gasteiger partial charge in [-0.1, -0.05) is 26.0 Å². The second-order valence-electron chi connectivity index (χ2n) is 5.38. The van der Waals surface area contributed by atoms with Gasteiger partial charge in [-0.2, -0.15) is 0 Å². The molecule has 0 aliphatic heterocycles. The number of hydrogen-bond donors (Lipinski definition) is 1. The predicted molar refractivity (Wildman–Crippen MR) is 78.4 cm³/mol. The van der Waals surface area contributed by atoms with Crippen LogP contribution in [0.3, 0.4) is 0 Å². The number of fused-ring (bicyclic) bond motifs is 1. The predicted octanol–water partition coefficient (Wildman–Crippen LogP) is 3.69. The van der Waals surface area contributed by atoms with Crippen molar-refractivity contribution >= 4 is 11.0 Å². The maximum absolute atomic E-state index is 6.07. The summed E-state index contributed by atoms with van der Waals surface area (Å²) in [6, 6.07) is 4.69. The summed E-state index contributed by atoms with van der Waals surface area (Å²) in [4.78, 5) is 0. The van der Waals surface area contributed by atoms with Crippen molar-refractivity contribution in [2.75, 3.05) is 7.11 Å². The molecule has 0 saturated heterocycles. The highest BCUT2D eigenvalue weighted by Crippen LogP contribution is 2.31. The highest BCUT2D eigenvalue weighted by Gasteiger charge is 2.17. The Kier molecular flexibility index (Phi) is 4.27. The summed E-state index contributed by atoms with van der Waals surface area (Å²) in [5.41, 5.74) is 4.58. The lowest BCUT2D eigenvalue weighted by atomic mass is 10.0. The fourth-order valence-corrected chi connectivity index (χ4v) is 2.35. The second-order valence-corrected chi connectivity index (χ2v) is 5.38. The third-order valence-electron chi connectivity index (χ3n) is 3.39. The molecule has 0 fully saturated rings. The number of methoxy groups -OCH3 is 1. The molecule has 1 N–H and O–H groups in total. The molecular formula is C16H23NO2. The first-order chi connectivity index (χ1) is 9.04. The standard InChI is InChI=1S/C16H23NO2/c1-10(2)17-8-14-13(9-18-5)15-11(3)6-7-12(4)16(15)19-14/h6-7,10,17H,8-9H2,1-5H3. The van der Waals surface area contributed by atoms with E-state index in [1.807, 2.05) is 0 Å². The van der Waals surface area contributed by atoms with Crippen LogP contribution in [0.2, 0.25) is 0 Å². The topological polar surface area (TPSA) is 34.4 Å². The summed E-state index contributed by atoms with van der Waals surface area (Å²) < 4.78 is 11.4. The zero-order valence-corrected chi connectivity index (χ0v) is 12.5. The Balaban J connectivity index is 2.53. The number of furan rings is 1. The van der Waals surface area contributed by atoms with Gasteiger partial charge < -0.3 is 14.5 Å². The van der Waals surface area contributed by atoms with Crippen molar-refractivity contribution in [3.63, 3.8) is 0 Å². The Bertz CT molecular complexity index is 570. The molecule has 1 aromatic carbocycles. The normalized spacial score (nSPS) is 11.7. The van der Waals surface area contributed by atoms with E-state index in [0.29, 0.717) is 12.6 Å². The minimum Gasteiger partial charge on any atom is -0.459 e. The van der Waals surface area contributed by atoms with E-state index in [0.717, 1.165) is 17.9 Å². The zero-order valence-electron chi connectivity index (χ0n) is 12.5. The SMILES string of the molecule is COCc1c(CNC(C)C)oc2c(C)ccc(C)c12. The van der Waals surface area contributed by atoms with Crippen molar-refractivity contribution in [3.05, 3.63) is 34.6 Å². The molecule has 0 aliphatic carbocycles. The van der Waals surface area contributed by atoms with Gasteiger partial charge in [0.2, 0.25) is 0 Å². The van der Waals surface area contributed by atoms with E-state index in [2.05, 4.69) is 45.1 Å². The zero-order chi connectivity index (χ0) is 14.0. The molecule has 3 nitrogen and oxygen atoms in total. The number of aryl methyl sites for hydroxylation is 2. The van der Waals surface area contributed by atoms with Crippen LogP contribution in [0.1, 0.15) is 36.3 Å². The molecule has 104 valence electrons. The van der Waals surface area contributed by atoms with Crippen LogP contribution in [0.5, 0.6) is 0 Å². The van der Waals surface area contributed by atoms with E-state index in [1.54, 1.807) is 7.11 Å². The third kappa shape index (κ3) is 2.82. The van der Waals surface area contributed by atoms with E-state index < -0.39 is 0 Å². The smallest absolute Gasteiger partial charge is 0.137 e. The van der Waals surface area contributed by atoms with E-state index >= 15 is 0 Å². The maximum Gasteiger partial charge on any atom is 0.137 e. The monoisotopic (exact) mass is 261 g/mol. The average molecular weight is 261 g/mol. The van der Waals surface area contributed by atoms with Gasteiger partial charge in [-0.05, 0) is 25.0 Å². The Morgan fingerprint density at radius 3 is 2.53 bits per heavy atom. The van der Waals surface area contributed by atoms with Gasteiger partial charge in [0.1, 0.15) is 11.3 Å². The quantitative estimate of drug-likeness (QED) is 0.891. The molecule has 19 heavy (non-hydrogen) atoms. The van der Waals surface area contributed by atoms with Crippen molar-refractivity contribution in [3.8, 4) is 0 Å². The van der Waals surface area contributed by atoms with Gasteiger partial charge in [-0.15, -0.1) is 0 Å². The summed E-state index contributed by atoms with van der Waals surface area (Å²) in [7, 11) is 1.73. The molecule has 0 atom stereocenters. The summed E-state index contributed by atoms with van der Waals surface area (Å²) in [5.74, 6) is 0.989. The van der Waals surface area contributed by atoms with Crippen LogP contribution in [0.25, 0.3) is 11.0 Å². The molecule has 1 aromatic heterocycles. The molecule has 2 rings (SSSR count). The van der Waals surface area contributed by atoms with Crippen LogP contribution in [-0.2, 0) is 17.9 Å². The number of hydrogen-bond acceptors (Lipinski definition) is 3. The van der Waals surface area contributed by atoms with Crippen molar-refractivity contribution in [1.29, 1.82) is 0 Å². The molecule has 0 aliphatic rings. The van der Waals surface area contributed by atoms with Gasteiger partial charge in [-0.3, -0.25) is 0 Å². The lowest BCUT2D eigenvalue weighted by molar-refractivity contribution is 0.183. The lowest BCUT2D eigenvalue weighted by Gasteiger charge is -2.07. The van der Waals surface area contributed by atoms with Gasteiger partial charge >= 0.3 is 0 Å². The minimum atomic E-state index is 0.436. The molecule has 0 unspecified atom stereocenters. The highest BCUT2D eigenvalue weighted by atomic mass is 16.5. The summed E-state index contributed by atoms with van der Waals surface area (Å²) in [6.45, 7) is 9.80. The number of benzene rings is 1. The van der Waals surface area contributed by atoms with Gasteiger partial charge in [0, 0.05) is 24.1 Å². The van der Waals surface area contributed by atoms with E-state index in [-0.39, 0.29) is 0 Å².